The predicted molar refractivity (Wildman–Crippen MR) is 74.2 cm³/mol. The lowest BCUT2D eigenvalue weighted by Gasteiger charge is -2.37. The zero-order chi connectivity index (χ0) is 13.1. The van der Waals surface area contributed by atoms with E-state index >= 15 is 0 Å². The minimum Gasteiger partial charge on any atom is -0.374 e. The molecule has 1 aliphatic rings. The van der Waals surface area contributed by atoms with Gasteiger partial charge >= 0.3 is 0 Å². The van der Waals surface area contributed by atoms with E-state index in [1.165, 1.54) is 24.2 Å². The van der Waals surface area contributed by atoms with Crippen molar-refractivity contribution in [3.8, 4) is 0 Å². The van der Waals surface area contributed by atoms with Gasteiger partial charge in [-0.3, -0.25) is 0 Å². The van der Waals surface area contributed by atoms with Crippen LogP contribution in [0.5, 0.6) is 0 Å². The van der Waals surface area contributed by atoms with Gasteiger partial charge in [0.1, 0.15) is 11.6 Å². The maximum atomic E-state index is 6.08. The van der Waals surface area contributed by atoms with Crippen LogP contribution in [0.15, 0.2) is 0 Å². The Hall–Kier alpha value is -0.680. The van der Waals surface area contributed by atoms with Gasteiger partial charge in [-0.2, -0.15) is 0 Å². The first kappa shape index (κ1) is 13.7. The highest BCUT2D eigenvalue weighted by Gasteiger charge is 2.31. The summed E-state index contributed by atoms with van der Waals surface area (Å²) in [6.07, 6.45) is 4.13. The molecule has 1 aliphatic carbocycles. The Kier molecular flexibility index (Phi) is 4.56. The zero-order valence-electron chi connectivity index (χ0n) is 11.4. The molecule has 0 aliphatic heterocycles. The summed E-state index contributed by atoms with van der Waals surface area (Å²) in [4.78, 5) is 0. The largest absolute Gasteiger partial charge is 0.374 e. The predicted octanol–water partition coefficient (Wildman–Crippen LogP) is 3.10. The number of nitrogens with zero attached hydrogens (tertiary/aromatic N) is 2. The quantitative estimate of drug-likeness (QED) is 0.912. The molecule has 4 nitrogen and oxygen atoms in total. The second-order valence-corrected chi connectivity index (χ2v) is 6.80. The van der Waals surface area contributed by atoms with Crippen LogP contribution >= 0.6 is 11.3 Å². The van der Waals surface area contributed by atoms with E-state index in [-0.39, 0.29) is 0 Å². The van der Waals surface area contributed by atoms with Gasteiger partial charge in [-0.05, 0) is 30.6 Å². The fourth-order valence-corrected chi connectivity index (χ4v) is 3.34. The Morgan fingerprint density at radius 2 is 2.17 bits per heavy atom. The number of ether oxygens (including phenoxy) is 1. The summed E-state index contributed by atoms with van der Waals surface area (Å²) in [5.74, 6) is 2.12. The molecule has 1 saturated carbocycles. The van der Waals surface area contributed by atoms with Crippen molar-refractivity contribution in [3.05, 3.63) is 5.01 Å². The molecule has 102 valence electrons. The molecule has 1 aromatic heterocycles. The molecule has 0 spiro atoms. The third-order valence-electron chi connectivity index (χ3n) is 3.86. The van der Waals surface area contributed by atoms with Crippen LogP contribution in [0.2, 0.25) is 0 Å². The molecule has 0 aromatic carbocycles. The third-order valence-corrected chi connectivity index (χ3v) is 4.59. The first-order valence-corrected chi connectivity index (χ1v) is 7.57. The smallest absolute Gasteiger partial charge is 0.203 e. The molecule has 0 amide bonds. The summed E-state index contributed by atoms with van der Waals surface area (Å²) in [5.41, 5.74) is 5.57. The Morgan fingerprint density at radius 1 is 1.39 bits per heavy atom. The molecule has 18 heavy (non-hydrogen) atoms. The van der Waals surface area contributed by atoms with Crippen molar-refractivity contribution in [2.24, 2.45) is 17.8 Å². The lowest BCUT2D eigenvalue weighted by Crippen LogP contribution is -2.34. The van der Waals surface area contributed by atoms with Crippen molar-refractivity contribution in [1.82, 2.24) is 10.2 Å². The van der Waals surface area contributed by atoms with Crippen molar-refractivity contribution in [1.29, 1.82) is 0 Å². The van der Waals surface area contributed by atoms with E-state index in [4.69, 9.17) is 10.5 Å². The minimum atomic E-state index is 0.360. The first-order valence-electron chi connectivity index (χ1n) is 6.75. The van der Waals surface area contributed by atoms with E-state index in [9.17, 15) is 0 Å². The maximum absolute atomic E-state index is 6.08. The van der Waals surface area contributed by atoms with Crippen molar-refractivity contribution in [2.75, 3.05) is 5.73 Å². The van der Waals surface area contributed by atoms with Crippen LogP contribution in [0.25, 0.3) is 0 Å². The molecule has 1 heterocycles. The molecule has 0 saturated heterocycles. The lowest BCUT2D eigenvalue weighted by atomic mass is 9.75. The summed E-state index contributed by atoms with van der Waals surface area (Å²) in [5, 5.41) is 9.23. The fraction of sp³-hybridized carbons (Fsp3) is 0.846. The van der Waals surface area contributed by atoms with Crippen molar-refractivity contribution in [2.45, 2.75) is 52.7 Å². The van der Waals surface area contributed by atoms with Gasteiger partial charge in [-0.15, -0.1) is 10.2 Å². The molecule has 0 radical (unpaired) electrons. The van der Waals surface area contributed by atoms with Crippen molar-refractivity contribution < 1.29 is 4.74 Å². The van der Waals surface area contributed by atoms with E-state index < -0.39 is 0 Å². The normalized spacial score (nSPS) is 28.8. The highest BCUT2D eigenvalue weighted by molar-refractivity contribution is 7.15. The second kappa shape index (κ2) is 5.97. The first-order chi connectivity index (χ1) is 8.56. The lowest BCUT2D eigenvalue weighted by molar-refractivity contribution is -0.0474. The average Bonchev–Trinajstić information content (AvgIpc) is 2.72. The van der Waals surface area contributed by atoms with Crippen LogP contribution in [0.4, 0.5) is 5.13 Å². The number of anilines is 1. The van der Waals surface area contributed by atoms with Gasteiger partial charge in [0.2, 0.25) is 5.13 Å². The number of nitrogen functional groups attached to an aromatic ring is 1. The number of rotatable bonds is 4. The van der Waals surface area contributed by atoms with Gasteiger partial charge in [0, 0.05) is 0 Å². The minimum absolute atomic E-state index is 0.360. The summed E-state index contributed by atoms with van der Waals surface area (Å²) < 4.78 is 6.08. The zero-order valence-corrected chi connectivity index (χ0v) is 12.2. The Balaban J connectivity index is 1.92. The molecule has 2 rings (SSSR count). The van der Waals surface area contributed by atoms with Crippen LogP contribution in [0.1, 0.15) is 45.0 Å². The van der Waals surface area contributed by atoms with E-state index in [0.717, 1.165) is 17.3 Å². The molecule has 1 aromatic rings. The fourth-order valence-electron chi connectivity index (χ4n) is 2.81. The third kappa shape index (κ3) is 3.42. The van der Waals surface area contributed by atoms with Gasteiger partial charge < -0.3 is 10.5 Å². The topological polar surface area (TPSA) is 61.0 Å². The Labute approximate surface area is 113 Å². The molecular weight excluding hydrogens is 246 g/mol. The van der Waals surface area contributed by atoms with E-state index in [1.54, 1.807) is 0 Å². The van der Waals surface area contributed by atoms with Gasteiger partial charge in [0.15, 0.2) is 0 Å². The number of aromatic nitrogens is 2. The van der Waals surface area contributed by atoms with Crippen LogP contribution in [-0.2, 0) is 11.3 Å². The van der Waals surface area contributed by atoms with E-state index in [1.807, 2.05) is 0 Å². The molecule has 3 atom stereocenters. The Bertz CT molecular complexity index is 380. The molecule has 2 N–H and O–H groups in total. The summed E-state index contributed by atoms with van der Waals surface area (Å²) >= 11 is 1.42. The SMILES string of the molecule is CC1CCC(C(C)C)C(OCc2nnc(N)s2)C1. The number of hydrogen-bond donors (Lipinski definition) is 1. The highest BCUT2D eigenvalue weighted by atomic mass is 32.1. The Morgan fingerprint density at radius 3 is 2.78 bits per heavy atom. The summed E-state index contributed by atoms with van der Waals surface area (Å²) in [6.45, 7) is 7.45. The average molecular weight is 269 g/mol. The van der Waals surface area contributed by atoms with E-state index in [2.05, 4.69) is 31.0 Å². The van der Waals surface area contributed by atoms with Crippen LogP contribution in [-0.4, -0.2) is 16.3 Å². The summed E-state index contributed by atoms with van der Waals surface area (Å²) in [6, 6.07) is 0. The van der Waals surface area contributed by atoms with Gasteiger partial charge in [-0.25, -0.2) is 0 Å². The van der Waals surface area contributed by atoms with Crippen LogP contribution < -0.4 is 5.73 Å². The van der Waals surface area contributed by atoms with Crippen molar-refractivity contribution >= 4 is 16.5 Å². The van der Waals surface area contributed by atoms with E-state index in [0.29, 0.717) is 29.7 Å². The maximum Gasteiger partial charge on any atom is 0.203 e. The highest BCUT2D eigenvalue weighted by Crippen LogP contribution is 2.35. The molecule has 1 fully saturated rings. The number of hydrogen-bond acceptors (Lipinski definition) is 5. The summed E-state index contributed by atoms with van der Waals surface area (Å²) in [7, 11) is 0. The van der Waals surface area contributed by atoms with Crippen LogP contribution in [0.3, 0.4) is 0 Å². The van der Waals surface area contributed by atoms with Gasteiger partial charge in [-0.1, -0.05) is 38.5 Å². The van der Waals surface area contributed by atoms with Crippen LogP contribution in [0, 0.1) is 17.8 Å². The second-order valence-electron chi connectivity index (χ2n) is 5.71. The van der Waals surface area contributed by atoms with Gasteiger partial charge in [0.05, 0.1) is 6.10 Å². The van der Waals surface area contributed by atoms with Crippen molar-refractivity contribution in [3.63, 3.8) is 0 Å². The molecule has 0 bridgehead atoms. The monoisotopic (exact) mass is 269 g/mol. The molecule has 3 unspecified atom stereocenters. The molecule has 5 heteroatoms. The number of nitrogens with two attached hydrogens (primary N) is 1. The standard InChI is InChI=1S/C13H23N3OS/c1-8(2)10-5-4-9(3)6-11(10)17-7-12-15-16-13(14)18-12/h8-11H,4-7H2,1-3H3,(H2,14,16). The van der Waals surface area contributed by atoms with Gasteiger partial charge in [0.25, 0.3) is 0 Å². The molecular formula is C13H23N3OS.